The minimum absolute atomic E-state index is 0.0364. The average molecular weight is 472 g/mol. The van der Waals surface area contributed by atoms with Gasteiger partial charge in [0.25, 0.3) is 0 Å². The maximum Gasteiger partial charge on any atom is 0.243 e. The molecular weight excluding hydrogens is 452 g/mol. The summed E-state index contributed by atoms with van der Waals surface area (Å²) in [6, 6.07) is 13.9. The molecule has 1 heterocycles. The van der Waals surface area contributed by atoms with Crippen LogP contribution in [0.15, 0.2) is 57.9 Å². The molecule has 1 fully saturated rings. The van der Waals surface area contributed by atoms with Crippen molar-refractivity contribution in [3.05, 3.63) is 63.6 Å². The van der Waals surface area contributed by atoms with Crippen LogP contribution in [-0.4, -0.2) is 31.7 Å². The van der Waals surface area contributed by atoms with Gasteiger partial charge in [0.05, 0.1) is 4.90 Å². The van der Waals surface area contributed by atoms with Crippen LogP contribution in [0.3, 0.4) is 0 Å². The van der Waals surface area contributed by atoms with Crippen molar-refractivity contribution in [3.8, 4) is 0 Å². The van der Waals surface area contributed by atoms with Crippen LogP contribution >= 0.6 is 27.5 Å². The highest BCUT2D eigenvalue weighted by Crippen LogP contribution is 2.25. The summed E-state index contributed by atoms with van der Waals surface area (Å²) in [6.07, 6.45) is 1.03. The number of benzene rings is 2. The molecule has 0 atom stereocenters. The zero-order valence-corrected chi connectivity index (χ0v) is 17.7. The lowest BCUT2D eigenvalue weighted by Crippen LogP contribution is -2.42. The molecule has 0 unspecified atom stereocenters. The Morgan fingerprint density at radius 3 is 2.26 bits per heavy atom. The molecule has 5 nitrogen and oxygen atoms in total. The number of halogens is 2. The Hall–Kier alpha value is -1.41. The third kappa shape index (κ3) is 5.10. The molecule has 0 radical (unpaired) electrons. The van der Waals surface area contributed by atoms with Crippen LogP contribution in [0.1, 0.15) is 18.4 Å². The van der Waals surface area contributed by atoms with E-state index >= 15 is 0 Å². The SMILES string of the molecule is O=C(NCc1ccc(Cl)cc1)C1CCN(S(=O)(=O)c2ccc(Br)cc2)CC1. The summed E-state index contributed by atoms with van der Waals surface area (Å²) in [5, 5.41) is 3.58. The van der Waals surface area contributed by atoms with Crippen molar-refractivity contribution in [1.29, 1.82) is 0 Å². The lowest BCUT2D eigenvalue weighted by molar-refractivity contribution is -0.126. The van der Waals surface area contributed by atoms with Crippen LogP contribution in [0.25, 0.3) is 0 Å². The lowest BCUT2D eigenvalue weighted by atomic mass is 9.97. The molecule has 1 saturated heterocycles. The summed E-state index contributed by atoms with van der Waals surface area (Å²) in [4.78, 5) is 12.7. The van der Waals surface area contributed by atoms with E-state index < -0.39 is 10.0 Å². The molecule has 1 N–H and O–H groups in total. The Morgan fingerprint density at radius 1 is 1.07 bits per heavy atom. The number of sulfonamides is 1. The van der Waals surface area contributed by atoms with Gasteiger partial charge in [-0.1, -0.05) is 39.7 Å². The van der Waals surface area contributed by atoms with E-state index in [1.165, 1.54) is 4.31 Å². The van der Waals surface area contributed by atoms with Crippen molar-refractivity contribution in [2.45, 2.75) is 24.3 Å². The fourth-order valence-corrected chi connectivity index (χ4v) is 4.91. The van der Waals surface area contributed by atoms with Gasteiger partial charge in [-0.3, -0.25) is 4.79 Å². The Labute approximate surface area is 172 Å². The molecule has 0 aromatic heterocycles. The van der Waals surface area contributed by atoms with Crippen molar-refractivity contribution < 1.29 is 13.2 Å². The Bertz CT molecular complexity index is 894. The second-order valence-corrected chi connectivity index (χ2v) is 9.77. The highest BCUT2D eigenvalue weighted by atomic mass is 79.9. The zero-order chi connectivity index (χ0) is 19.4. The fraction of sp³-hybridized carbons (Fsp3) is 0.316. The zero-order valence-electron chi connectivity index (χ0n) is 14.6. The van der Waals surface area contributed by atoms with Gasteiger partial charge in [0.15, 0.2) is 0 Å². The summed E-state index contributed by atoms with van der Waals surface area (Å²) in [7, 11) is -3.52. The molecule has 1 amide bonds. The van der Waals surface area contributed by atoms with Gasteiger partial charge in [-0.25, -0.2) is 8.42 Å². The van der Waals surface area contributed by atoms with E-state index in [4.69, 9.17) is 11.6 Å². The Morgan fingerprint density at radius 2 is 1.67 bits per heavy atom. The predicted molar refractivity (Wildman–Crippen MR) is 109 cm³/mol. The van der Waals surface area contributed by atoms with Crippen LogP contribution in [0.5, 0.6) is 0 Å². The van der Waals surface area contributed by atoms with Gasteiger partial charge in [-0.15, -0.1) is 0 Å². The van der Waals surface area contributed by atoms with Crippen molar-refractivity contribution >= 4 is 43.5 Å². The van der Waals surface area contributed by atoms with Crippen LogP contribution in [-0.2, 0) is 21.4 Å². The third-order valence-electron chi connectivity index (χ3n) is 4.66. The number of carbonyl (C=O) groups is 1. The molecule has 1 aliphatic rings. The van der Waals surface area contributed by atoms with Crippen molar-refractivity contribution in [1.82, 2.24) is 9.62 Å². The number of nitrogens with one attached hydrogen (secondary N) is 1. The molecule has 2 aromatic rings. The highest BCUT2D eigenvalue weighted by molar-refractivity contribution is 9.10. The molecular formula is C19H20BrClN2O3S. The van der Waals surface area contributed by atoms with Gasteiger partial charge < -0.3 is 5.32 Å². The molecule has 0 spiro atoms. The maximum atomic E-state index is 12.7. The Balaban J connectivity index is 1.54. The van der Waals surface area contributed by atoms with Gasteiger partial charge in [0.2, 0.25) is 15.9 Å². The van der Waals surface area contributed by atoms with Crippen molar-refractivity contribution in [3.63, 3.8) is 0 Å². The van der Waals surface area contributed by atoms with Gasteiger partial charge in [0.1, 0.15) is 0 Å². The summed E-state index contributed by atoms with van der Waals surface area (Å²) < 4.78 is 27.7. The molecule has 0 saturated carbocycles. The van der Waals surface area contributed by atoms with Crippen LogP contribution in [0, 0.1) is 5.92 Å². The van der Waals surface area contributed by atoms with Crippen molar-refractivity contribution in [2.24, 2.45) is 5.92 Å². The first-order valence-electron chi connectivity index (χ1n) is 8.64. The lowest BCUT2D eigenvalue weighted by Gasteiger charge is -2.30. The monoisotopic (exact) mass is 470 g/mol. The van der Waals surface area contributed by atoms with Gasteiger partial charge in [0, 0.05) is 35.0 Å². The number of rotatable bonds is 5. The molecule has 0 bridgehead atoms. The largest absolute Gasteiger partial charge is 0.352 e. The first-order chi connectivity index (χ1) is 12.9. The molecule has 144 valence electrons. The van der Waals surface area contributed by atoms with E-state index in [1.54, 1.807) is 36.4 Å². The van der Waals surface area contributed by atoms with Crippen LogP contribution in [0.4, 0.5) is 0 Å². The van der Waals surface area contributed by atoms with E-state index in [1.807, 2.05) is 12.1 Å². The summed E-state index contributed by atoms with van der Waals surface area (Å²) in [5.41, 5.74) is 0.975. The second-order valence-electron chi connectivity index (χ2n) is 6.48. The Kier molecular flexibility index (Phi) is 6.57. The number of amides is 1. The van der Waals surface area contributed by atoms with Gasteiger partial charge in [-0.2, -0.15) is 4.31 Å². The van der Waals surface area contributed by atoms with Gasteiger partial charge >= 0.3 is 0 Å². The number of carbonyl (C=O) groups excluding carboxylic acids is 1. The second kappa shape index (κ2) is 8.73. The number of hydrogen-bond acceptors (Lipinski definition) is 3. The number of piperidine rings is 1. The number of nitrogens with zero attached hydrogens (tertiary/aromatic N) is 1. The highest BCUT2D eigenvalue weighted by Gasteiger charge is 2.31. The number of hydrogen-bond donors (Lipinski definition) is 1. The summed E-state index contributed by atoms with van der Waals surface area (Å²) in [5.74, 6) is -0.209. The summed E-state index contributed by atoms with van der Waals surface area (Å²) in [6.45, 7) is 1.13. The fourth-order valence-electron chi connectivity index (χ4n) is 3.05. The smallest absolute Gasteiger partial charge is 0.243 e. The summed E-state index contributed by atoms with van der Waals surface area (Å²) >= 11 is 9.16. The predicted octanol–water partition coefficient (Wildman–Crippen LogP) is 3.82. The van der Waals surface area contributed by atoms with E-state index in [0.717, 1.165) is 10.0 Å². The van der Waals surface area contributed by atoms with E-state index in [2.05, 4.69) is 21.2 Å². The first kappa shape index (κ1) is 20.3. The minimum atomic E-state index is -3.52. The van der Waals surface area contributed by atoms with Crippen LogP contribution in [0.2, 0.25) is 5.02 Å². The first-order valence-corrected chi connectivity index (χ1v) is 11.3. The van der Waals surface area contributed by atoms with Crippen molar-refractivity contribution in [2.75, 3.05) is 13.1 Å². The third-order valence-corrected chi connectivity index (χ3v) is 7.35. The quantitative estimate of drug-likeness (QED) is 0.721. The van der Waals surface area contributed by atoms with E-state index in [0.29, 0.717) is 37.5 Å². The van der Waals surface area contributed by atoms with Crippen LogP contribution < -0.4 is 5.32 Å². The van der Waals surface area contributed by atoms with E-state index in [-0.39, 0.29) is 16.7 Å². The standard InChI is InChI=1S/C19H20BrClN2O3S/c20-16-3-7-18(8-4-16)27(25,26)23-11-9-15(10-12-23)19(24)22-13-14-1-5-17(21)6-2-14/h1-8,15H,9-13H2,(H,22,24). The maximum absolute atomic E-state index is 12.7. The normalized spacial score (nSPS) is 16.2. The van der Waals surface area contributed by atoms with E-state index in [9.17, 15) is 13.2 Å². The molecule has 0 aliphatic carbocycles. The topological polar surface area (TPSA) is 66.5 Å². The molecule has 8 heteroatoms. The molecule has 1 aliphatic heterocycles. The average Bonchev–Trinajstić information content (AvgIpc) is 2.68. The minimum Gasteiger partial charge on any atom is -0.352 e. The molecule has 2 aromatic carbocycles. The molecule has 27 heavy (non-hydrogen) atoms. The molecule has 3 rings (SSSR count). The van der Waals surface area contributed by atoms with Gasteiger partial charge in [-0.05, 0) is 54.8 Å².